The molecule has 1 aliphatic rings. The van der Waals surface area contributed by atoms with Gasteiger partial charge in [0.25, 0.3) is 0 Å². The number of nitrogens with zero attached hydrogens (tertiary/aromatic N) is 5. The van der Waals surface area contributed by atoms with Crippen LogP contribution in [0, 0.1) is 6.92 Å². The number of aromatic nitrogens is 4. The van der Waals surface area contributed by atoms with Crippen molar-refractivity contribution in [3.8, 4) is 11.4 Å². The van der Waals surface area contributed by atoms with E-state index in [4.69, 9.17) is 4.74 Å². The van der Waals surface area contributed by atoms with Crippen molar-refractivity contribution in [2.45, 2.75) is 19.8 Å². The second-order valence-electron chi connectivity index (χ2n) is 6.14. The van der Waals surface area contributed by atoms with Gasteiger partial charge in [-0.1, -0.05) is 0 Å². The summed E-state index contributed by atoms with van der Waals surface area (Å²) in [4.78, 5) is 15.4. The Labute approximate surface area is 141 Å². The molecule has 0 unspecified atom stereocenters. The van der Waals surface area contributed by atoms with E-state index >= 15 is 0 Å². The van der Waals surface area contributed by atoms with Crippen LogP contribution in [-0.2, 0) is 0 Å². The maximum atomic E-state index is 5.85. The van der Waals surface area contributed by atoms with E-state index in [1.165, 1.54) is 25.9 Å². The number of hydrogen-bond donors (Lipinski definition) is 0. The number of aryl methyl sites for hydroxylation is 1. The number of fused-ring (bicyclic) bond motifs is 1. The van der Waals surface area contributed by atoms with Crippen molar-refractivity contribution in [2.24, 2.45) is 0 Å². The highest BCUT2D eigenvalue weighted by Crippen LogP contribution is 2.20. The molecule has 0 atom stereocenters. The van der Waals surface area contributed by atoms with Crippen LogP contribution in [0.15, 0.2) is 36.9 Å². The molecule has 2 aromatic heterocycles. The Morgan fingerprint density at radius 3 is 2.62 bits per heavy atom. The summed E-state index contributed by atoms with van der Waals surface area (Å²) in [5.74, 6) is 0.896. The van der Waals surface area contributed by atoms with Crippen molar-refractivity contribution >= 4 is 11.2 Å². The van der Waals surface area contributed by atoms with Gasteiger partial charge in [-0.2, -0.15) is 0 Å². The zero-order valence-electron chi connectivity index (χ0n) is 13.9. The monoisotopic (exact) mass is 323 g/mol. The molecule has 3 heterocycles. The van der Waals surface area contributed by atoms with Gasteiger partial charge in [-0.05, 0) is 57.1 Å². The minimum atomic E-state index is 0.736. The van der Waals surface area contributed by atoms with Gasteiger partial charge in [0.2, 0.25) is 0 Å². The Kier molecular flexibility index (Phi) is 4.13. The lowest BCUT2D eigenvalue weighted by molar-refractivity contribution is 0.238. The quantitative estimate of drug-likeness (QED) is 0.722. The van der Waals surface area contributed by atoms with Gasteiger partial charge in [-0.25, -0.2) is 15.0 Å². The van der Waals surface area contributed by atoms with Gasteiger partial charge in [-0.15, -0.1) is 0 Å². The minimum absolute atomic E-state index is 0.736. The van der Waals surface area contributed by atoms with Crippen LogP contribution < -0.4 is 4.74 Å². The van der Waals surface area contributed by atoms with Crippen LogP contribution in [0.3, 0.4) is 0 Å². The molecule has 1 fully saturated rings. The summed E-state index contributed by atoms with van der Waals surface area (Å²) >= 11 is 0. The molecule has 4 rings (SSSR count). The van der Waals surface area contributed by atoms with Gasteiger partial charge in [0, 0.05) is 12.2 Å². The highest BCUT2D eigenvalue weighted by atomic mass is 16.5. The lowest BCUT2D eigenvalue weighted by Gasteiger charge is -2.15. The van der Waals surface area contributed by atoms with Crippen LogP contribution in [0.5, 0.6) is 5.75 Å². The first-order valence-electron chi connectivity index (χ1n) is 8.41. The van der Waals surface area contributed by atoms with Gasteiger partial charge in [-0.3, -0.25) is 9.47 Å². The largest absolute Gasteiger partial charge is 0.492 e. The average molecular weight is 323 g/mol. The summed E-state index contributed by atoms with van der Waals surface area (Å²) in [5.41, 5.74) is 3.57. The van der Waals surface area contributed by atoms with E-state index in [2.05, 4.69) is 19.9 Å². The van der Waals surface area contributed by atoms with Crippen molar-refractivity contribution in [2.75, 3.05) is 26.2 Å². The second kappa shape index (κ2) is 6.57. The predicted octanol–water partition coefficient (Wildman–Crippen LogP) is 2.60. The van der Waals surface area contributed by atoms with Gasteiger partial charge in [0.15, 0.2) is 5.65 Å². The van der Waals surface area contributed by atoms with Crippen molar-refractivity contribution < 1.29 is 4.74 Å². The Hall–Kier alpha value is -2.47. The summed E-state index contributed by atoms with van der Waals surface area (Å²) in [6, 6.07) is 8.06. The van der Waals surface area contributed by atoms with E-state index in [0.29, 0.717) is 0 Å². The highest BCUT2D eigenvalue weighted by molar-refractivity contribution is 5.74. The van der Waals surface area contributed by atoms with E-state index in [1.807, 2.05) is 35.8 Å². The highest BCUT2D eigenvalue weighted by Gasteiger charge is 2.11. The molecule has 1 aliphatic heterocycles. The Morgan fingerprint density at radius 2 is 1.83 bits per heavy atom. The maximum Gasteiger partial charge on any atom is 0.168 e. The molecule has 6 heteroatoms. The molecule has 1 saturated heterocycles. The van der Waals surface area contributed by atoms with E-state index in [1.54, 1.807) is 12.7 Å². The summed E-state index contributed by atoms with van der Waals surface area (Å²) in [6.45, 7) is 6.09. The molecular weight excluding hydrogens is 302 g/mol. The molecule has 6 nitrogen and oxygen atoms in total. The van der Waals surface area contributed by atoms with E-state index < -0.39 is 0 Å². The smallest absolute Gasteiger partial charge is 0.168 e. The summed E-state index contributed by atoms with van der Waals surface area (Å²) in [6.07, 6.45) is 5.99. The minimum Gasteiger partial charge on any atom is -0.492 e. The van der Waals surface area contributed by atoms with Crippen LogP contribution in [0.4, 0.5) is 0 Å². The normalized spacial score (nSPS) is 15.2. The third-order valence-electron chi connectivity index (χ3n) is 4.51. The second-order valence-corrected chi connectivity index (χ2v) is 6.14. The fourth-order valence-electron chi connectivity index (χ4n) is 3.14. The molecular formula is C18H21N5O. The Balaban J connectivity index is 1.45. The zero-order valence-corrected chi connectivity index (χ0v) is 13.9. The maximum absolute atomic E-state index is 5.85. The first-order chi connectivity index (χ1) is 11.8. The van der Waals surface area contributed by atoms with E-state index in [9.17, 15) is 0 Å². The predicted molar refractivity (Wildman–Crippen MR) is 92.6 cm³/mol. The molecule has 0 aliphatic carbocycles. The van der Waals surface area contributed by atoms with Gasteiger partial charge in [0.05, 0.1) is 5.69 Å². The van der Waals surface area contributed by atoms with E-state index in [0.717, 1.165) is 41.4 Å². The van der Waals surface area contributed by atoms with Crippen LogP contribution in [-0.4, -0.2) is 50.7 Å². The molecule has 0 spiro atoms. The van der Waals surface area contributed by atoms with Crippen molar-refractivity contribution in [1.82, 2.24) is 24.4 Å². The van der Waals surface area contributed by atoms with Crippen LogP contribution >= 0.6 is 0 Å². The van der Waals surface area contributed by atoms with Crippen LogP contribution in [0.2, 0.25) is 0 Å². The fourth-order valence-corrected chi connectivity index (χ4v) is 3.14. The fraction of sp³-hybridized carbons (Fsp3) is 0.389. The van der Waals surface area contributed by atoms with Crippen LogP contribution in [0.1, 0.15) is 18.5 Å². The van der Waals surface area contributed by atoms with Gasteiger partial charge in [0.1, 0.15) is 30.5 Å². The van der Waals surface area contributed by atoms with Crippen LogP contribution in [0.25, 0.3) is 16.9 Å². The lowest BCUT2D eigenvalue weighted by Crippen LogP contribution is -2.25. The molecule has 0 amide bonds. The standard InChI is InChI=1S/C18H21N5O/c1-14-17-18(20-12-19-14)23(13-21-17)15-4-6-16(7-5-15)24-11-10-22-8-2-3-9-22/h4-7,12-13H,2-3,8-11H2,1H3. The number of ether oxygens (including phenoxy) is 1. The van der Waals surface area contributed by atoms with Crippen molar-refractivity contribution in [1.29, 1.82) is 0 Å². The van der Waals surface area contributed by atoms with Crippen molar-refractivity contribution in [3.63, 3.8) is 0 Å². The average Bonchev–Trinajstić information content (AvgIpc) is 3.26. The SMILES string of the molecule is Cc1ncnc2c1ncn2-c1ccc(OCCN2CCCC2)cc1. The molecule has 1 aromatic carbocycles. The number of rotatable bonds is 5. The third kappa shape index (κ3) is 2.97. The Bertz CT molecular complexity index is 821. The first-order valence-corrected chi connectivity index (χ1v) is 8.41. The Morgan fingerprint density at radius 1 is 1.04 bits per heavy atom. The number of imidazole rings is 1. The lowest BCUT2D eigenvalue weighted by atomic mass is 10.3. The molecule has 0 saturated carbocycles. The summed E-state index contributed by atoms with van der Waals surface area (Å²) < 4.78 is 7.82. The third-order valence-corrected chi connectivity index (χ3v) is 4.51. The first kappa shape index (κ1) is 15.1. The molecule has 3 aromatic rings. The molecule has 24 heavy (non-hydrogen) atoms. The summed E-state index contributed by atoms with van der Waals surface area (Å²) in [5, 5.41) is 0. The molecule has 0 bridgehead atoms. The number of hydrogen-bond acceptors (Lipinski definition) is 5. The van der Waals surface area contributed by atoms with Gasteiger partial charge >= 0.3 is 0 Å². The zero-order chi connectivity index (χ0) is 16.4. The molecule has 0 radical (unpaired) electrons. The molecule has 0 N–H and O–H groups in total. The topological polar surface area (TPSA) is 56.1 Å². The molecule has 124 valence electrons. The number of likely N-dealkylation sites (tertiary alicyclic amines) is 1. The van der Waals surface area contributed by atoms with Gasteiger partial charge < -0.3 is 4.74 Å². The summed E-state index contributed by atoms with van der Waals surface area (Å²) in [7, 11) is 0. The number of benzene rings is 1. The van der Waals surface area contributed by atoms with Crippen molar-refractivity contribution in [3.05, 3.63) is 42.6 Å². The van der Waals surface area contributed by atoms with E-state index in [-0.39, 0.29) is 0 Å².